The van der Waals surface area contributed by atoms with Gasteiger partial charge in [0.15, 0.2) is 0 Å². The number of halogens is 4. The van der Waals surface area contributed by atoms with Crippen molar-refractivity contribution in [2.75, 3.05) is 0 Å². The zero-order chi connectivity index (χ0) is 6.78. The maximum Gasteiger partial charge on any atom is 0.400 e. The maximum absolute atomic E-state index is 11.4. The standard InChI is InChI=1S/C4H6F3I/c1-2-3(8)4(5,6)7/h3H,2H2,1H3. The Balaban J connectivity index is 3.62. The lowest BCUT2D eigenvalue weighted by molar-refractivity contribution is -0.125. The summed E-state index contributed by atoms with van der Waals surface area (Å²) in [6.45, 7) is 1.52. The number of hydrogen-bond acceptors (Lipinski definition) is 0. The third kappa shape index (κ3) is 2.74. The number of rotatable bonds is 1. The predicted octanol–water partition coefficient (Wildman–Crippen LogP) is 2.76. The van der Waals surface area contributed by atoms with Crippen LogP contribution in [-0.2, 0) is 0 Å². The molecule has 0 amide bonds. The van der Waals surface area contributed by atoms with Crippen LogP contribution in [0.5, 0.6) is 0 Å². The highest BCUT2D eigenvalue weighted by Gasteiger charge is 2.35. The van der Waals surface area contributed by atoms with Crippen LogP contribution < -0.4 is 0 Å². The highest BCUT2D eigenvalue weighted by Crippen LogP contribution is 2.28. The summed E-state index contributed by atoms with van der Waals surface area (Å²) in [6.07, 6.45) is -3.85. The second-order valence-corrected chi connectivity index (χ2v) is 2.92. The van der Waals surface area contributed by atoms with Crippen LogP contribution in [0.1, 0.15) is 13.3 Å². The normalized spacial score (nSPS) is 16.1. The van der Waals surface area contributed by atoms with Crippen molar-refractivity contribution in [3.63, 3.8) is 0 Å². The van der Waals surface area contributed by atoms with E-state index in [-0.39, 0.29) is 6.42 Å². The fraction of sp³-hybridized carbons (Fsp3) is 1.00. The maximum atomic E-state index is 11.4. The molecule has 0 spiro atoms. The van der Waals surface area contributed by atoms with Crippen LogP contribution in [0.15, 0.2) is 0 Å². The molecule has 8 heavy (non-hydrogen) atoms. The summed E-state index contributed by atoms with van der Waals surface area (Å²) >= 11 is 1.39. The van der Waals surface area contributed by atoms with Crippen molar-refractivity contribution < 1.29 is 13.2 Å². The van der Waals surface area contributed by atoms with E-state index in [0.29, 0.717) is 0 Å². The average molecular weight is 238 g/mol. The molecule has 0 rings (SSSR count). The Hall–Kier alpha value is 0.520. The second kappa shape index (κ2) is 2.89. The molecule has 0 N–H and O–H groups in total. The van der Waals surface area contributed by atoms with Crippen molar-refractivity contribution in [3.8, 4) is 0 Å². The molecule has 50 valence electrons. The molecule has 0 heterocycles. The molecule has 1 unspecified atom stereocenters. The Labute approximate surface area is 59.6 Å². The molecule has 0 aromatic rings. The van der Waals surface area contributed by atoms with E-state index in [4.69, 9.17) is 0 Å². The minimum absolute atomic E-state index is 0.157. The summed E-state index contributed by atoms with van der Waals surface area (Å²) in [7, 11) is 0. The summed E-state index contributed by atoms with van der Waals surface area (Å²) in [5, 5.41) is 0. The van der Waals surface area contributed by atoms with E-state index in [9.17, 15) is 13.2 Å². The van der Waals surface area contributed by atoms with Crippen LogP contribution in [0.2, 0.25) is 0 Å². The molecule has 0 aromatic heterocycles. The van der Waals surface area contributed by atoms with Crippen molar-refractivity contribution in [2.45, 2.75) is 23.4 Å². The molecular weight excluding hydrogens is 232 g/mol. The molecule has 1 atom stereocenters. The predicted molar refractivity (Wildman–Crippen MR) is 34.2 cm³/mol. The molecule has 0 aliphatic carbocycles. The first-order valence-electron chi connectivity index (χ1n) is 2.19. The molecular formula is C4H6F3I. The fourth-order valence-electron chi connectivity index (χ4n) is 0.231. The molecule has 0 bridgehead atoms. The Morgan fingerprint density at radius 2 is 1.88 bits per heavy atom. The van der Waals surface area contributed by atoms with Crippen LogP contribution in [0.3, 0.4) is 0 Å². The first kappa shape index (κ1) is 8.52. The van der Waals surface area contributed by atoms with Crippen molar-refractivity contribution >= 4 is 22.6 Å². The first-order chi connectivity index (χ1) is 3.48. The van der Waals surface area contributed by atoms with E-state index >= 15 is 0 Å². The van der Waals surface area contributed by atoms with Crippen molar-refractivity contribution in [3.05, 3.63) is 0 Å². The zero-order valence-corrected chi connectivity index (χ0v) is 6.45. The molecule has 0 aliphatic heterocycles. The largest absolute Gasteiger partial charge is 0.400 e. The Morgan fingerprint density at radius 1 is 1.50 bits per heavy atom. The summed E-state index contributed by atoms with van der Waals surface area (Å²) in [5.41, 5.74) is 0. The van der Waals surface area contributed by atoms with Gasteiger partial charge in [0.25, 0.3) is 0 Å². The molecule has 0 radical (unpaired) electrons. The topological polar surface area (TPSA) is 0 Å². The van der Waals surface area contributed by atoms with Crippen molar-refractivity contribution in [1.82, 2.24) is 0 Å². The molecule has 0 nitrogen and oxygen atoms in total. The lowest BCUT2D eigenvalue weighted by atomic mass is 10.3. The molecule has 0 aromatic carbocycles. The molecule has 0 fully saturated rings. The average Bonchev–Trinajstić information content (AvgIpc) is 1.62. The quantitative estimate of drug-likeness (QED) is 0.486. The molecule has 4 heteroatoms. The molecule has 0 saturated carbocycles. The van der Waals surface area contributed by atoms with E-state index in [2.05, 4.69) is 0 Å². The van der Waals surface area contributed by atoms with Gasteiger partial charge in [0.2, 0.25) is 0 Å². The summed E-state index contributed by atoms with van der Waals surface area (Å²) in [4.78, 5) is 0. The smallest absolute Gasteiger partial charge is 0.170 e. The summed E-state index contributed by atoms with van der Waals surface area (Å²) < 4.78 is 33.1. The lowest BCUT2D eigenvalue weighted by Gasteiger charge is -2.09. The van der Waals surface area contributed by atoms with Gasteiger partial charge < -0.3 is 0 Å². The van der Waals surface area contributed by atoms with Gasteiger partial charge in [-0.2, -0.15) is 13.2 Å². The van der Waals surface area contributed by atoms with Gasteiger partial charge in [-0.3, -0.25) is 0 Å². The van der Waals surface area contributed by atoms with E-state index in [1.165, 1.54) is 29.5 Å². The van der Waals surface area contributed by atoms with Crippen LogP contribution in [0.4, 0.5) is 13.2 Å². The van der Waals surface area contributed by atoms with Gasteiger partial charge in [-0.15, -0.1) is 0 Å². The first-order valence-corrected chi connectivity index (χ1v) is 3.43. The van der Waals surface area contributed by atoms with Gasteiger partial charge in [-0.25, -0.2) is 0 Å². The van der Waals surface area contributed by atoms with Crippen molar-refractivity contribution in [2.24, 2.45) is 0 Å². The van der Waals surface area contributed by atoms with Crippen LogP contribution in [-0.4, -0.2) is 10.1 Å². The minimum Gasteiger partial charge on any atom is -0.170 e. The minimum atomic E-state index is -4.00. The van der Waals surface area contributed by atoms with E-state index in [0.717, 1.165) is 0 Å². The second-order valence-electron chi connectivity index (χ2n) is 1.42. The van der Waals surface area contributed by atoms with Crippen LogP contribution in [0, 0.1) is 0 Å². The highest BCUT2D eigenvalue weighted by molar-refractivity contribution is 14.1. The lowest BCUT2D eigenvalue weighted by Crippen LogP contribution is -2.21. The van der Waals surface area contributed by atoms with E-state index < -0.39 is 10.1 Å². The summed E-state index contributed by atoms with van der Waals surface area (Å²) in [5.74, 6) is 0. The van der Waals surface area contributed by atoms with Crippen molar-refractivity contribution in [1.29, 1.82) is 0 Å². The zero-order valence-electron chi connectivity index (χ0n) is 4.30. The Bertz CT molecular complexity index is 68.2. The highest BCUT2D eigenvalue weighted by atomic mass is 127. The van der Waals surface area contributed by atoms with Crippen LogP contribution >= 0.6 is 22.6 Å². The number of alkyl halides is 4. The third-order valence-electron chi connectivity index (χ3n) is 0.714. The monoisotopic (exact) mass is 238 g/mol. The van der Waals surface area contributed by atoms with Gasteiger partial charge in [0.1, 0.15) is 3.92 Å². The van der Waals surface area contributed by atoms with Gasteiger partial charge in [0, 0.05) is 0 Å². The van der Waals surface area contributed by atoms with Crippen LogP contribution in [0.25, 0.3) is 0 Å². The molecule has 0 saturated heterocycles. The van der Waals surface area contributed by atoms with Gasteiger partial charge in [-0.1, -0.05) is 29.5 Å². The fourth-order valence-corrected chi connectivity index (χ4v) is 0.231. The van der Waals surface area contributed by atoms with Gasteiger partial charge in [-0.05, 0) is 6.42 Å². The molecule has 0 aliphatic rings. The number of hydrogen-bond donors (Lipinski definition) is 0. The van der Waals surface area contributed by atoms with E-state index in [1.54, 1.807) is 0 Å². The Kier molecular flexibility index (Phi) is 3.08. The third-order valence-corrected chi connectivity index (χ3v) is 2.30. The van der Waals surface area contributed by atoms with E-state index in [1.807, 2.05) is 0 Å². The van der Waals surface area contributed by atoms with Gasteiger partial charge >= 0.3 is 6.18 Å². The SMILES string of the molecule is CCC(I)C(F)(F)F. The Morgan fingerprint density at radius 3 is 1.88 bits per heavy atom. The van der Waals surface area contributed by atoms with Gasteiger partial charge in [0.05, 0.1) is 0 Å². The summed E-state index contributed by atoms with van der Waals surface area (Å²) in [6, 6.07) is 0.